The first-order valence-corrected chi connectivity index (χ1v) is 8.15. The van der Waals surface area contributed by atoms with Gasteiger partial charge in [0.25, 0.3) is 5.91 Å². The molecule has 0 aliphatic rings. The summed E-state index contributed by atoms with van der Waals surface area (Å²) in [4.78, 5) is 12.3. The summed E-state index contributed by atoms with van der Waals surface area (Å²) in [7, 11) is 0. The summed E-state index contributed by atoms with van der Waals surface area (Å²) in [5.41, 5.74) is 8.94. The maximum atomic E-state index is 12.3. The van der Waals surface area contributed by atoms with Gasteiger partial charge in [-0.1, -0.05) is 28.1 Å². The summed E-state index contributed by atoms with van der Waals surface area (Å²) >= 11 is 3.29. The Kier molecular flexibility index (Phi) is 4.93. The Balaban J connectivity index is 1.80. The SMILES string of the molecule is CCc1c(C(=O)NN=Cc2cc(Br)ccc2O)nnn1-c1nonc1N. The lowest BCUT2D eigenvalue weighted by Gasteiger charge is -2.02. The van der Waals surface area contributed by atoms with E-state index in [1.165, 1.54) is 17.0 Å². The second-order valence-electron chi connectivity index (χ2n) is 5.03. The Labute approximate surface area is 155 Å². The summed E-state index contributed by atoms with van der Waals surface area (Å²) in [6.45, 7) is 1.82. The Hall–Kier alpha value is -3.28. The Morgan fingerprint density at radius 1 is 1.50 bits per heavy atom. The number of nitrogens with zero attached hydrogens (tertiary/aromatic N) is 6. The van der Waals surface area contributed by atoms with Crippen molar-refractivity contribution in [1.82, 2.24) is 30.7 Å². The van der Waals surface area contributed by atoms with E-state index in [0.717, 1.165) is 4.47 Å². The molecule has 4 N–H and O–H groups in total. The molecule has 0 spiro atoms. The van der Waals surface area contributed by atoms with Crippen molar-refractivity contribution in [1.29, 1.82) is 0 Å². The van der Waals surface area contributed by atoms with Gasteiger partial charge in [0.1, 0.15) is 5.75 Å². The fourth-order valence-electron chi connectivity index (χ4n) is 2.15. The van der Waals surface area contributed by atoms with Crippen molar-refractivity contribution < 1.29 is 14.5 Å². The van der Waals surface area contributed by atoms with Crippen LogP contribution in [0.2, 0.25) is 0 Å². The van der Waals surface area contributed by atoms with Crippen molar-refractivity contribution in [3.63, 3.8) is 0 Å². The molecule has 0 aliphatic heterocycles. The van der Waals surface area contributed by atoms with Crippen LogP contribution in [0, 0.1) is 0 Å². The van der Waals surface area contributed by atoms with Crippen LogP contribution in [0.1, 0.15) is 28.7 Å². The largest absolute Gasteiger partial charge is 0.507 e. The predicted octanol–water partition coefficient (Wildman–Crippen LogP) is 1.03. The van der Waals surface area contributed by atoms with E-state index in [1.807, 2.05) is 6.92 Å². The number of hydrazone groups is 1. The van der Waals surface area contributed by atoms with Crippen LogP contribution in [-0.2, 0) is 6.42 Å². The molecule has 2 aromatic heterocycles. The number of aromatic nitrogens is 5. The number of anilines is 1. The molecule has 2 heterocycles. The third-order valence-electron chi connectivity index (χ3n) is 3.37. The zero-order valence-electron chi connectivity index (χ0n) is 13.4. The van der Waals surface area contributed by atoms with Crippen LogP contribution in [0.3, 0.4) is 0 Å². The molecule has 3 aromatic rings. The molecular weight excluding hydrogens is 408 g/mol. The minimum Gasteiger partial charge on any atom is -0.507 e. The molecule has 0 bridgehead atoms. The summed E-state index contributed by atoms with van der Waals surface area (Å²) in [6, 6.07) is 4.84. The van der Waals surface area contributed by atoms with Gasteiger partial charge in [0.2, 0.25) is 11.6 Å². The first-order chi connectivity index (χ1) is 12.5. The standard InChI is InChI=1S/C14H13BrN8O3/c1-2-9-11(18-22-23(9)13-12(16)20-26-21-13)14(25)19-17-6-7-5-8(15)3-4-10(7)24/h3-6,24H,2H2,1H3,(H2,16,20)(H,19,25). The highest BCUT2D eigenvalue weighted by Crippen LogP contribution is 2.20. The number of benzene rings is 1. The number of aromatic hydroxyl groups is 1. The van der Waals surface area contributed by atoms with Gasteiger partial charge < -0.3 is 10.8 Å². The molecule has 134 valence electrons. The summed E-state index contributed by atoms with van der Waals surface area (Å²) < 4.78 is 6.58. The molecule has 0 saturated heterocycles. The number of carbonyl (C=O) groups is 1. The zero-order valence-corrected chi connectivity index (χ0v) is 15.0. The van der Waals surface area contributed by atoms with Gasteiger partial charge >= 0.3 is 0 Å². The zero-order chi connectivity index (χ0) is 18.7. The van der Waals surface area contributed by atoms with E-state index in [-0.39, 0.29) is 23.1 Å². The van der Waals surface area contributed by atoms with E-state index >= 15 is 0 Å². The van der Waals surface area contributed by atoms with Crippen LogP contribution in [-0.4, -0.2) is 42.5 Å². The van der Waals surface area contributed by atoms with Gasteiger partial charge in [-0.05, 0) is 34.9 Å². The quantitative estimate of drug-likeness (QED) is 0.407. The molecule has 3 rings (SSSR count). The van der Waals surface area contributed by atoms with Gasteiger partial charge in [-0.15, -0.1) is 5.10 Å². The lowest BCUT2D eigenvalue weighted by molar-refractivity contribution is 0.0949. The molecule has 11 nitrogen and oxygen atoms in total. The fourth-order valence-corrected chi connectivity index (χ4v) is 2.52. The molecule has 0 fully saturated rings. The third kappa shape index (κ3) is 3.39. The van der Waals surface area contributed by atoms with E-state index in [9.17, 15) is 9.90 Å². The van der Waals surface area contributed by atoms with Crippen LogP contribution in [0.4, 0.5) is 5.82 Å². The lowest BCUT2D eigenvalue weighted by Crippen LogP contribution is -2.20. The van der Waals surface area contributed by atoms with Crippen molar-refractivity contribution in [2.45, 2.75) is 13.3 Å². The molecule has 0 atom stereocenters. The van der Waals surface area contributed by atoms with Crippen molar-refractivity contribution in [2.75, 3.05) is 5.73 Å². The number of nitrogens with one attached hydrogen (secondary N) is 1. The van der Waals surface area contributed by atoms with Crippen molar-refractivity contribution in [2.24, 2.45) is 5.10 Å². The maximum absolute atomic E-state index is 12.3. The number of hydrogen-bond donors (Lipinski definition) is 3. The number of rotatable bonds is 5. The molecule has 1 aromatic carbocycles. The lowest BCUT2D eigenvalue weighted by atomic mass is 10.2. The number of phenols is 1. The molecule has 12 heteroatoms. The molecule has 0 aliphatic carbocycles. The average molecular weight is 421 g/mol. The van der Waals surface area contributed by atoms with Gasteiger partial charge in [-0.3, -0.25) is 4.79 Å². The minimum absolute atomic E-state index is 0.0275. The van der Waals surface area contributed by atoms with E-state index < -0.39 is 5.91 Å². The molecule has 0 saturated carbocycles. The monoisotopic (exact) mass is 420 g/mol. The predicted molar refractivity (Wildman–Crippen MR) is 93.9 cm³/mol. The van der Waals surface area contributed by atoms with E-state index in [0.29, 0.717) is 17.7 Å². The number of carbonyl (C=O) groups excluding carboxylic acids is 1. The molecular formula is C14H13BrN8O3. The Morgan fingerprint density at radius 2 is 2.31 bits per heavy atom. The smallest absolute Gasteiger partial charge is 0.293 e. The van der Waals surface area contributed by atoms with Crippen LogP contribution in [0.15, 0.2) is 32.4 Å². The summed E-state index contributed by atoms with van der Waals surface area (Å²) in [5.74, 6) is -0.370. The van der Waals surface area contributed by atoms with Gasteiger partial charge in [0.05, 0.1) is 11.9 Å². The Morgan fingerprint density at radius 3 is 3.00 bits per heavy atom. The van der Waals surface area contributed by atoms with Gasteiger partial charge in [0.15, 0.2) is 5.69 Å². The van der Waals surface area contributed by atoms with E-state index in [1.54, 1.807) is 12.1 Å². The van der Waals surface area contributed by atoms with Gasteiger partial charge in [-0.2, -0.15) is 9.78 Å². The fraction of sp³-hybridized carbons (Fsp3) is 0.143. The first-order valence-electron chi connectivity index (χ1n) is 7.36. The normalized spacial score (nSPS) is 11.2. The van der Waals surface area contributed by atoms with E-state index in [2.05, 4.69) is 51.7 Å². The van der Waals surface area contributed by atoms with Crippen LogP contribution < -0.4 is 11.2 Å². The van der Waals surface area contributed by atoms with Crippen LogP contribution in [0.25, 0.3) is 5.82 Å². The molecule has 0 radical (unpaired) electrons. The average Bonchev–Trinajstić information content (AvgIpc) is 3.23. The highest BCUT2D eigenvalue weighted by atomic mass is 79.9. The number of phenolic OH excluding ortho intramolecular Hbond substituents is 1. The summed E-state index contributed by atoms with van der Waals surface area (Å²) in [6.07, 6.45) is 1.74. The number of amides is 1. The number of nitrogen functional groups attached to an aromatic ring is 1. The molecule has 1 amide bonds. The maximum Gasteiger partial charge on any atom is 0.293 e. The van der Waals surface area contributed by atoms with Crippen molar-refractivity contribution in [3.8, 4) is 11.6 Å². The topological polar surface area (TPSA) is 157 Å². The molecule has 26 heavy (non-hydrogen) atoms. The second kappa shape index (κ2) is 7.31. The van der Waals surface area contributed by atoms with E-state index in [4.69, 9.17) is 5.73 Å². The van der Waals surface area contributed by atoms with Gasteiger partial charge in [-0.25, -0.2) is 10.1 Å². The Bertz CT molecular complexity index is 980. The highest BCUT2D eigenvalue weighted by Gasteiger charge is 2.22. The number of nitrogens with two attached hydrogens (primary N) is 1. The van der Waals surface area contributed by atoms with Crippen LogP contribution in [0.5, 0.6) is 5.75 Å². The minimum atomic E-state index is -0.575. The van der Waals surface area contributed by atoms with Crippen LogP contribution >= 0.6 is 15.9 Å². The highest BCUT2D eigenvalue weighted by molar-refractivity contribution is 9.10. The van der Waals surface area contributed by atoms with Crippen molar-refractivity contribution in [3.05, 3.63) is 39.6 Å². The number of hydrogen-bond acceptors (Lipinski definition) is 9. The number of halogens is 1. The van der Waals surface area contributed by atoms with Gasteiger partial charge in [0, 0.05) is 10.0 Å². The summed E-state index contributed by atoms with van der Waals surface area (Å²) in [5, 5.41) is 28.4. The third-order valence-corrected chi connectivity index (χ3v) is 3.86. The molecule has 0 unspecified atom stereocenters. The second-order valence-corrected chi connectivity index (χ2v) is 5.94. The van der Waals surface area contributed by atoms with Crippen molar-refractivity contribution >= 4 is 33.9 Å². The first kappa shape index (κ1) is 17.5.